The average molecular weight is 300 g/mol. The molecular weight excluding hydrogens is 281 g/mol. The van der Waals surface area contributed by atoms with E-state index in [9.17, 15) is 0 Å². The SMILES string of the molecule is CC(CN(C)C)n1c(CCCl)nc2c(Cl)cccc21. The molecule has 1 atom stereocenters. The molecule has 0 amide bonds. The zero-order valence-corrected chi connectivity index (χ0v) is 13.0. The number of likely N-dealkylation sites (N-methyl/N-ethyl adjacent to an activating group) is 1. The Morgan fingerprint density at radius 1 is 1.37 bits per heavy atom. The van der Waals surface area contributed by atoms with Crippen molar-refractivity contribution in [3.05, 3.63) is 29.0 Å². The lowest BCUT2D eigenvalue weighted by Crippen LogP contribution is -2.23. The highest BCUT2D eigenvalue weighted by Gasteiger charge is 2.17. The van der Waals surface area contributed by atoms with Crippen LogP contribution in [0.15, 0.2) is 18.2 Å². The lowest BCUT2D eigenvalue weighted by molar-refractivity contribution is 0.337. The summed E-state index contributed by atoms with van der Waals surface area (Å²) < 4.78 is 2.25. The van der Waals surface area contributed by atoms with Crippen LogP contribution in [0.25, 0.3) is 11.0 Å². The lowest BCUT2D eigenvalue weighted by atomic mass is 10.2. The largest absolute Gasteiger partial charge is 0.324 e. The molecule has 0 aliphatic rings. The van der Waals surface area contributed by atoms with E-state index in [0.717, 1.165) is 29.8 Å². The fourth-order valence-corrected chi connectivity index (χ4v) is 2.87. The second kappa shape index (κ2) is 6.12. The number of aryl methyl sites for hydroxylation is 1. The number of benzene rings is 1. The topological polar surface area (TPSA) is 21.1 Å². The minimum Gasteiger partial charge on any atom is -0.324 e. The van der Waals surface area contributed by atoms with Crippen LogP contribution in [0.1, 0.15) is 18.8 Å². The van der Waals surface area contributed by atoms with Crippen molar-refractivity contribution in [3.63, 3.8) is 0 Å². The van der Waals surface area contributed by atoms with E-state index in [1.165, 1.54) is 0 Å². The minimum absolute atomic E-state index is 0.330. The summed E-state index contributed by atoms with van der Waals surface area (Å²) in [6.45, 7) is 3.15. The predicted molar refractivity (Wildman–Crippen MR) is 82.4 cm³/mol. The molecule has 1 heterocycles. The molecular formula is C14H19Cl2N3. The van der Waals surface area contributed by atoms with Crippen LogP contribution in [0, 0.1) is 0 Å². The van der Waals surface area contributed by atoms with E-state index < -0.39 is 0 Å². The van der Waals surface area contributed by atoms with Crippen molar-refractivity contribution in [1.29, 1.82) is 0 Å². The number of halogens is 2. The highest BCUT2D eigenvalue weighted by atomic mass is 35.5. The number of imidazole rings is 1. The van der Waals surface area contributed by atoms with E-state index in [1.54, 1.807) is 0 Å². The molecule has 0 N–H and O–H groups in total. The Labute approximate surface area is 124 Å². The standard InChI is InChI=1S/C14H19Cl2N3/c1-10(9-18(2)3)19-12-6-4-5-11(16)14(12)17-13(19)7-8-15/h4-6,10H,7-9H2,1-3H3. The van der Waals surface area contributed by atoms with Gasteiger partial charge in [-0.05, 0) is 33.2 Å². The number of alkyl halides is 1. The molecule has 1 unspecified atom stereocenters. The summed E-state index contributed by atoms with van der Waals surface area (Å²) in [5, 5.41) is 0.698. The van der Waals surface area contributed by atoms with Gasteiger partial charge in [0.15, 0.2) is 0 Å². The summed E-state index contributed by atoms with van der Waals surface area (Å²) in [5.41, 5.74) is 1.96. The predicted octanol–water partition coefficient (Wildman–Crippen LogP) is 3.59. The van der Waals surface area contributed by atoms with Gasteiger partial charge in [-0.1, -0.05) is 17.7 Å². The summed E-state index contributed by atoms with van der Waals surface area (Å²) in [4.78, 5) is 6.83. The van der Waals surface area contributed by atoms with Gasteiger partial charge in [0, 0.05) is 24.9 Å². The van der Waals surface area contributed by atoms with E-state index >= 15 is 0 Å². The van der Waals surface area contributed by atoms with E-state index in [-0.39, 0.29) is 0 Å². The van der Waals surface area contributed by atoms with Crippen molar-refractivity contribution in [2.45, 2.75) is 19.4 Å². The summed E-state index contributed by atoms with van der Waals surface area (Å²) >= 11 is 12.1. The highest BCUT2D eigenvalue weighted by molar-refractivity contribution is 6.34. The Morgan fingerprint density at radius 3 is 2.74 bits per heavy atom. The Balaban J connectivity index is 2.55. The monoisotopic (exact) mass is 299 g/mol. The molecule has 0 saturated carbocycles. The third-order valence-corrected chi connectivity index (χ3v) is 3.63. The fraction of sp³-hybridized carbons (Fsp3) is 0.500. The maximum atomic E-state index is 6.23. The average Bonchev–Trinajstić information content (AvgIpc) is 2.68. The van der Waals surface area contributed by atoms with Crippen molar-refractivity contribution in [2.24, 2.45) is 0 Å². The molecule has 1 aromatic heterocycles. The molecule has 2 aromatic rings. The van der Waals surface area contributed by atoms with Crippen molar-refractivity contribution >= 4 is 34.2 Å². The van der Waals surface area contributed by atoms with Crippen LogP contribution in [0.4, 0.5) is 0 Å². The molecule has 0 saturated heterocycles. The first-order valence-corrected chi connectivity index (χ1v) is 7.32. The zero-order chi connectivity index (χ0) is 14.0. The minimum atomic E-state index is 0.330. The Bertz CT molecular complexity index is 563. The van der Waals surface area contributed by atoms with Crippen LogP contribution in [-0.4, -0.2) is 41.0 Å². The van der Waals surface area contributed by atoms with Crippen LogP contribution in [0.2, 0.25) is 5.02 Å². The Hall–Kier alpha value is -0.770. The smallest absolute Gasteiger partial charge is 0.111 e. The van der Waals surface area contributed by atoms with Crippen LogP contribution < -0.4 is 0 Å². The molecule has 0 radical (unpaired) electrons. The highest BCUT2D eigenvalue weighted by Crippen LogP contribution is 2.27. The van der Waals surface area contributed by atoms with Crippen LogP contribution >= 0.6 is 23.2 Å². The number of hydrogen-bond acceptors (Lipinski definition) is 2. The quantitative estimate of drug-likeness (QED) is 0.787. The van der Waals surface area contributed by atoms with Gasteiger partial charge in [0.05, 0.1) is 10.5 Å². The van der Waals surface area contributed by atoms with Crippen LogP contribution in [0.3, 0.4) is 0 Å². The molecule has 0 aliphatic heterocycles. The molecule has 0 bridgehead atoms. The second-order valence-corrected chi connectivity index (χ2v) is 5.84. The Kier molecular flexibility index (Phi) is 4.71. The van der Waals surface area contributed by atoms with Gasteiger partial charge in [-0.3, -0.25) is 0 Å². The molecule has 2 rings (SSSR count). The summed E-state index contributed by atoms with van der Waals surface area (Å²) in [6, 6.07) is 6.24. The molecule has 0 aliphatic carbocycles. The van der Waals surface area contributed by atoms with E-state index in [2.05, 4.69) is 41.5 Å². The Morgan fingerprint density at radius 2 is 2.11 bits per heavy atom. The van der Waals surface area contributed by atoms with Gasteiger partial charge in [0.1, 0.15) is 11.3 Å². The lowest BCUT2D eigenvalue weighted by Gasteiger charge is -2.21. The molecule has 1 aromatic carbocycles. The zero-order valence-electron chi connectivity index (χ0n) is 11.5. The second-order valence-electron chi connectivity index (χ2n) is 5.06. The normalized spacial score (nSPS) is 13.4. The van der Waals surface area contributed by atoms with Gasteiger partial charge < -0.3 is 9.47 Å². The maximum absolute atomic E-state index is 6.23. The van der Waals surface area contributed by atoms with Crippen LogP contribution in [0.5, 0.6) is 0 Å². The van der Waals surface area contributed by atoms with Gasteiger partial charge in [-0.25, -0.2) is 4.98 Å². The number of aromatic nitrogens is 2. The van der Waals surface area contributed by atoms with Gasteiger partial charge >= 0.3 is 0 Å². The van der Waals surface area contributed by atoms with Crippen LogP contribution in [-0.2, 0) is 6.42 Å². The number of hydrogen-bond donors (Lipinski definition) is 0. The third kappa shape index (κ3) is 3.04. The summed E-state index contributed by atoms with van der Waals surface area (Å²) in [6.07, 6.45) is 0.754. The number of para-hydroxylation sites is 1. The first kappa shape index (κ1) is 14.6. The van der Waals surface area contributed by atoms with Gasteiger partial charge in [0.2, 0.25) is 0 Å². The maximum Gasteiger partial charge on any atom is 0.111 e. The van der Waals surface area contributed by atoms with Gasteiger partial charge in [-0.2, -0.15) is 0 Å². The van der Waals surface area contributed by atoms with E-state index in [0.29, 0.717) is 16.9 Å². The number of fused-ring (bicyclic) bond motifs is 1. The van der Waals surface area contributed by atoms with Crippen molar-refractivity contribution in [2.75, 3.05) is 26.5 Å². The third-order valence-electron chi connectivity index (χ3n) is 3.13. The molecule has 19 heavy (non-hydrogen) atoms. The van der Waals surface area contributed by atoms with Crippen molar-refractivity contribution in [1.82, 2.24) is 14.5 Å². The van der Waals surface area contributed by atoms with Gasteiger partial charge in [-0.15, -0.1) is 11.6 Å². The first-order valence-electron chi connectivity index (χ1n) is 6.40. The number of nitrogens with zero attached hydrogens (tertiary/aromatic N) is 3. The molecule has 104 valence electrons. The molecule has 3 nitrogen and oxygen atoms in total. The molecule has 0 spiro atoms. The summed E-state index contributed by atoms with van der Waals surface area (Å²) in [5.74, 6) is 1.57. The summed E-state index contributed by atoms with van der Waals surface area (Å²) in [7, 11) is 4.15. The van der Waals surface area contributed by atoms with E-state index in [4.69, 9.17) is 23.2 Å². The van der Waals surface area contributed by atoms with E-state index in [1.807, 2.05) is 12.1 Å². The number of rotatable bonds is 5. The molecule has 5 heteroatoms. The first-order chi connectivity index (χ1) is 9.04. The molecule has 0 fully saturated rings. The van der Waals surface area contributed by atoms with Crippen molar-refractivity contribution in [3.8, 4) is 0 Å². The van der Waals surface area contributed by atoms with Crippen molar-refractivity contribution < 1.29 is 0 Å². The fourth-order valence-electron chi connectivity index (χ4n) is 2.49. The van der Waals surface area contributed by atoms with Gasteiger partial charge in [0.25, 0.3) is 0 Å².